The molecule has 0 bridgehead atoms. The third kappa shape index (κ3) is 52.9. The first-order valence-electron chi connectivity index (χ1n) is 27.2. The number of carbonyl (C=O) groups excluding carboxylic acids is 1. The highest BCUT2D eigenvalue weighted by Gasteiger charge is 2.20. The molecular formula is C57H104NO7P. The van der Waals surface area contributed by atoms with E-state index in [-0.39, 0.29) is 25.8 Å². The molecule has 0 heterocycles. The van der Waals surface area contributed by atoms with Crippen LogP contribution in [0.15, 0.2) is 72.9 Å². The van der Waals surface area contributed by atoms with Gasteiger partial charge in [-0.3, -0.25) is 9.36 Å². The van der Waals surface area contributed by atoms with Gasteiger partial charge in [-0.2, -0.15) is 0 Å². The van der Waals surface area contributed by atoms with Gasteiger partial charge in [0.15, 0.2) is 0 Å². The number of rotatable bonds is 50. The lowest BCUT2D eigenvalue weighted by atomic mass is 10.0. The molecule has 384 valence electrons. The SMILES string of the molecule is CC/C=C\C/C=C\C/C=C\C/C=C\C/C=C\C/C=C\CCCCCCCOCC(COP(=O)([O-])OCC[N+](C)(C)C)OC(=O)CCCCCCCCCCCCCCCCCCCCCC. The van der Waals surface area contributed by atoms with Crippen LogP contribution in [0, 0.1) is 0 Å². The second-order valence-corrected chi connectivity index (χ2v) is 20.6. The number of nitrogens with zero attached hydrogens (tertiary/aromatic N) is 1. The minimum absolute atomic E-state index is 0.0199. The summed E-state index contributed by atoms with van der Waals surface area (Å²) in [6.45, 7) is 5.27. The van der Waals surface area contributed by atoms with Gasteiger partial charge in [-0.05, 0) is 64.2 Å². The molecule has 9 heteroatoms. The van der Waals surface area contributed by atoms with Crippen LogP contribution in [0.1, 0.15) is 226 Å². The third-order valence-electron chi connectivity index (χ3n) is 11.5. The fourth-order valence-electron chi connectivity index (χ4n) is 7.37. The van der Waals surface area contributed by atoms with Crippen molar-refractivity contribution in [3.8, 4) is 0 Å². The lowest BCUT2D eigenvalue weighted by Crippen LogP contribution is -2.37. The summed E-state index contributed by atoms with van der Waals surface area (Å²) < 4.78 is 34.8. The van der Waals surface area contributed by atoms with Crippen molar-refractivity contribution < 1.29 is 37.3 Å². The molecule has 0 aromatic rings. The van der Waals surface area contributed by atoms with Crippen molar-refractivity contribution in [1.82, 2.24) is 0 Å². The lowest BCUT2D eigenvalue weighted by molar-refractivity contribution is -0.870. The summed E-state index contributed by atoms with van der Waals surface area (Å²) in [6, 6.07) is 0. The average Bonchev–Trinajstić information content (AvgIpc) is 3.28. The molecule has 0 rings (SSSR count). The smallest absolute Gasteiger partial charge is 0.306 e. The van der Waals surface area contributed by atoms with Gasteiger partial charge >= 0.3 is 5.97 Å². The molecule has 0 N–H and O–H groups in total. The van der Waals surface area contributed by atoms with Gasteiger partial charge in [-0.25, -0.2) is 0 Å². The predicted octanol–water partition coefficient (Wildman–Crippen LogP) is 16.4. The molecule has 66 heavy (non-hydrogen) atoms. The highest BCUT2D eigenvalue weighted by atomic mass is 31.2. The number of carbonyl (C=O) groups is 1. The number of ether oxygens (including phenoxy) is 2. The summed E-state index contributed by atoms with van der Waals surface area (Å²) in [5, 5.41) is 0. The molecule has 0 spiro atoms. The highest BCUT2D eigenvalue weighted by molar-refractivity contribution is 7.45. The Morgan fingerprint density at radius 3 is 1.32 bits per heavy atom. The summed E-state index contributed by atoms with van der Waals surface area (Å²) in [7, 11) is 1.34. The molecular weight excluding hydrogens is 842 g/mol. The monoisotopic (exact) mass is 946 g/mol. The van der Waals surface area contributed by atoms with Crippen LogP contribution in [0.25, 0.3) is 0 Å². The number of allylic oxidation sites excluding steroid dienone is 12. The minimum Gasteiger partial charge on any atom is -0.756 e. The summed E-state index contributed by atoms with van der Waals surface area (Å²) in [4.78, 5) is 25.2. The van der Waals surface area contributed by atoms with Crippen molar-refractivity contribution in [3.63, 3.8) is 0 Å². The molecule has 0 saturated heterocycles. The van der Waals surface area contributed by atoms with Crippen molar-refractivity contribution in [2.45, 2.75) is 232 Å². The first-order valence-corrected chi connectivity index (χ1v) is 28.6. The molecule has 0 aliphatic carbocycles. The van der Waals surface area contributed by atoms with E-state index in [0.717, 1.165) is 83.5 Å². The van der Waals surface area contributed by atoms with Crippen molar-refractivity contribution >= 4 is 13.8 Å². The molecule has 0 aliphatic heterocycles. The van der Waals surface area contributed by atoms with Crippen LogP contribution < -0.4 is 4.89 Å². The molecule has 0 aromatic carbocycles. The lowest BCUT2D eigenvalue weighted by Gasteiger charge is -2.28. The summed E-state index contributed by atoms with van der Waals surface area (Å²) in [5.41, 5.74) is 0. The maximum absolute atomic E-state index is 12.8. The van der Waals surface area contributed by atoms with E-state index in [1.54, 1.807) is 0 Å². The largest absolute Gasteiger partial charge is 0.756 e. The average molecular weight is 946 g/mol. The fourth-order valence-corrected chi connectivity index (χ4v) is 8.10. The molecule has 2 unspecified atom stereocenters. The maximum Gasteiger partial charge on any atom is 0.306 e. The Hall–Kier alpha value is -2.06. The molecule has 0 aromatic heterocycles. The number of likely N-dealkylation sites (N-methyl/N-ethyl adjacent to an activating group) is 1. The van der Waals surface area contributed by atoms with E-state index in [0.29, 0.717) is 24.1 Å². The first kappa shape index (κ1) is 63.9. The second-order valence-electron chi connectivity index (χ2n) is 19.2. The third-order valence-corrected chi connectivity index (χ3v) is 12.5. The zero-order chi connectivity index (χ0) is 48.3. The van der Waals surface area contributed by atoms with Crippen molar-refractivity contribution in [2.24, 2.45) is 0 Å². The number of phosphoric acid groups is 1. The summed E-state index contributed by atoms with van der Waals surface area (Å²) >= 11 is 0. The van der Waals surface area contributed by atoms with Crippen LogP contribution in [0.2, 0.25) is 0 Å². The molecule has 0 radical (unpaired) electrons. The Morgan fingerprint density at radius 1 is 0.485 bits per heavy atom. The quantitative estimate of drug-likeness (QED) is 0.0197. The molecule has 0 fully saturated rings. The highest BCUT2D eigenvalue weighted by Crippen LogP contribution is 2.38. The Morgan fingerprint density at radius 2 is 0.879 bits per heavy atom. The van der Waals surface area contributed by atoms with Crippen molar-refractivity contribution in [2.75, 3.05) is 54.1 Å². The summed E-state index contributed by atoms with van der Waals surface area (Å²) in [6.07, 6.45) is 65.0. The fraction of sp³-hybridized carbons (Fsp3) is 0.772. The van der Waals surface area contributed by atoms with Crippen LogP contribution in [-0.2, 0) is 27.9 Å². The second kappa shape index (κ2) is 49.4. The summed E-state index contributed by atoms with van der Waals surface area (Å²) in [5.74, 6) is -0.340. The predicted molar refractivity (Wildman–Crippen MR) is 282 cm³/mol. The Labute approximate surface area is 408 Å². The van der Waals surface area contributed by atoms with E-state index in [1.165, 1.54) is 122 Å². The van der Waals surface area contributed by atoms with Crippen LogP contribution in [0.3, 0.4) is 0 Å². The Bertz CT molecular complexity index is 1280. The van der Waals surface area contributed by atoms with Gasteiger partial charge in [-0.1, -0.05) is 228 Å². The van der Waals surface area contributed by atoms with E-state index in [2.05, 4.69) is 86.8 Å². The number of hydrogen-bond acceptors (Lipinski definition) is 7. The van der Waals surface area contributed by atoms with Gasteiger partial charge in [-0.15, -0.1) is 0 Å². The molecule has 8 nitrogen and oxygen atoms in total. The van der Waals surface area contributed by atoms with Gasteiger partial charge in [0.2, 0.25) is 0 Å². The van der Waals surface area contributed by atoms with Gasteiger partial charge in [0.05, 0.1) is 34.4 Å². The first-order chi connectivity index (χ1) is 32.1. The number of quaternary nitrogens is 1. The van der Waals surface area contributed by atoms with Gasteiger partial charge < -0.3 is 27.9 Å². The van der Waals surface area contributed by atoms with E-state index in [1.807, 2.05) is 21.1 Å². The number of esters is 1. The normalized spacial score (nSPS) is 14.1. The number of unbranched alkanes of at least 4 members (excludes halogenated alkanes) is 24. The van der Waals surface area contributed by atoms with E-state index >= 15 is 0 Å². The Balaban J connectivity index is 4.17. The van der Waals surface area contributed by atoms with Crippen LogP contribution in [0.5, 0.6) is 0 Å². The van der Waals surface area contributed by atoms with Gasteiger partial charge in [0.25, 0.3) is 7.82 Å². The van der Waals surface area contributed by atoms with E-state index in [9.17, 15) is 14.3 Å². The van der Waals surface area contributed by atoms with Gasteiger partial charge in [0, 0.05) is 13.0 Å². The molecule has 0 aliphatic rings. The van der Waals surface area contributed by atoms with E-state index in [4.69, 9.17) is 18.5 Å². The zero-order valence-electron chi connectivity index (χ0n) is 43.6. The van der Waals surface area contributed by atoms with Crippen LogP contribution in [0.4, 0.5) is 0 Å². The molecule has 0 amide bonds. The van der Waals surface area contributed by atoms with Crippen LogP contribution >= 0.6 is 7.82 Å². The topological polar surface area (TPSA) is 94.1 Å². The molecule has 2 atom stereocenters. The van der Waals surface area contributed by atoms with Crippen molar-refractivity contribution in [1.29, 1.82) is 0 Å². The zero-order valence-corrected chi connectivity index (χ0v) is 44.5. The maximum atomic E-state index is 12.8. The minimum atomic E-state index is -4.54. The van der Waals surface area contributed by atoms with Gasteiger partial charge in [0.1, 0.15) is 19.3 Å². The van der Waals surface area contributed by atoms with Crippen molar-refractivity contribution in [3.05, 3.63) is 72.9 Å². The molecule has 0 saturated carbocycles. The van der Waals surface area contributed by atoms with E-state index < -0.39 is 13.9 Å². The Kier molecular flexibility index (Phi) is 47.8. The standard InChI is InChI=1S/C57H104NO7P/c1-6-8-10-12-14-16-18-20-22-24-26-28-29-30-31-33-35-37-39-41-43-45-47-49-52-62-54-56(55-64-66(60,61)63-53-51-58(3,4)5)65-57(59)50-48-46-44-42-40-38-36-34-32-27-25-23-21-19-17-15-13-11-9-7-2/h8,10,14,16,20,22,26,28,30-31,35,37,56H,6-7,9,11-13,15,17-19,21,23-25,27,29,32-34,36,38-55H2,1-5H3/b10-8-,16-14-,22-20-,28-26-,31-30-,37-35-. The number of hydrogen-bond donors (Lipinski definition) is 0. The van der Waals surface area contributed by atoms with Crippen LogP contribution in [-0.4, -0.2) is 70.7 Å². The number of phosphoric ester groups is 1.